The molecule has 3 heterocycles. The molecule has 6 nitrogen and oxygen atoms in total. The molecule has 7 heteroatoms. The van der Waals surface area contributed by atoms with Crippen LogP contribution in [-0.2, 0) is 6.54 Å². The predicted octanol–water partition coefficient (Wildman–Crippen LogP) is 2.91. The first-order chi connectivity index (χ1) is 11.6. The summed E-state index contributed by atoms with van der Waals surface area (Å²) in [4.78, 5) is 23.4. The van der Waals surface area contributed by atoms with E-state index in [-0.39, 0.29) is 5.91 Å². The summed E-state index contributed by atoms with van der Waals surface area (Å²) in [6, 6.07) is 7.36. The number of carbonyl (C=O) groups excluding carboxylic acids is 1. The number of halogens is 1. The fourth-order valence-electron chi connectivity index (χ4n) is 2.89. The van der Waals surface area contributed by atoms with Gasteiger partial charge in [0.15, 0.2) is 0 Å². The van der Waals surface area contributed by atoms with Crippen LogP contribution in [0, 0.1) is 6.92 Å². The van der Waals surface area contributed by atoms with Crippen LogP contribution < -0.4 is 5.32 Å². The molecule has 4 rings (SSSR count). The van der Waals surface area contributed by atoms with E-state index in [0.29, 0.717) is 40.9 Å². The summed E-state index contributed by atoms with van der Waals surface area (Å²) in [6.45, 7) is 3.64. The van der Waals surface area contributed by atoms with Gasteiger partial charge in [-0.15, -0.1) is 0 Å². The van der Waals surface area contributed by atoms with Crippen molar-refractivity contribution in [3.8, 4) is 0 Å². The van der Waals surface area contributed by atoms with E-state index in [9.17, 15) is 4.79 Å². The molecule has 1 aromatic carbocycles. The Morgan fingerprint density at radius 1 is 1.38 bits per heavy atom. The third kappa shape index (κ3) is 2.49. The van der Waals surface area contributed by atoms with Crippen molar-refractivity contribution in [3.05, 3.63) is 51.7 Å². The lowest BCUT2D eigenvalue weighted by molar-refractivity contribution is 0.0949. The molecule has 0 unspecified atom stereocenters. The van der Waals surface area contributed by atoms with Crippen LogP contribution in [0.2, 0.25) is 5.02 Å². The summed E-state index contributed by atoms with van der Waals surface area (Å²) >= 11 is 5.88. The second-order valence-corrected chi connectivity index (χ2v) is 6.10. The van der Waals surface area contributed by atoms with Gasteiger partial charge in [0.1, 0.15) is 17.9 Å². The number of aryl methyl sites for hydroxylation is 1. The van der Waals surface area contributed by atoms with Crippen molar-refractivity contribution >= 4 is 35.6 Å². The fraction of sp³-hybridized carbons (Fsp3) is 0.235. The highest BCUT2D eigenvalue weighted by Crippen LogP contribution is 2.34. The van der Waals surface area contributed by atoms with E-state index >= 15 is 0 Å². The van der Waals surface area contributed by atoms with Crippen LogP contribution in [-0.4, -0.2) is 36.1 Å². The number of aliphatic imine (C=N–C) groups is 2. The molecule has 1 aromatic heterocycles. The van der Waals surface area contributed by atoms with Crippen molar-refractivity contribution in [1.29, 1.82) is 0 Å². The first-order valence-corrected chi connectivity index (χ1v) is 8.03. The fourth-order valence-corrected chi connectivity index (χ4v) is 3.02. The standard InChI is InChI=1S/C17H15ClN4O2/c1-10-13(16(23)20-8-11-2-4-12(18)5-3-11)14-15-19-6-7-22(15)9-21-17(14)24-10/h2-5,9H,6-8H2,1H3,(H,20,23). The minimum absolute atomic E-state index is 0.195. The first-order valence-electron chi connectivity index (χ1n) is 7.65. The van der Waals surface area contributed by atoms with Crippen molar-refractivity contribution < 1.29 is 9.21 Å². The molecule has 0 saturated carbocycles. The largest absolute Gasteiger partial charge is 0.442 e. The number of nitrogens with zero attached hydrogens (tertiary/aromatic N) is 3. The lowest BCUT2D eigenvalue weighted by Gasteiger charge is -2.18. The Morgan fingerprint density at radius 3 is 2.96 bits per heavy atom. The van der Waals surface area contributed by atoms with E-state index in [2.05, 4.69) is 15.3 Å². The van der Waals surface area contributed by atoms with Crippen LogP contribution in [0.5, 0.6) is 0 Å². The number of amidine groups is 1. The third-order valence-electron chi connectivity index (χ3n) is 4.07. The number of rotatable bonds is 3. The molecule has 1 amide bonds. The van der Waals surface area contributed by atoms with Crippen molar-refractivity contribution in [2.24, 2.45) is 9.98 Å². The molecule has 122 valence electrons. The topological polar surface area (TPSA) is 70.2 Å². The molecule has 1 N–H and O–H groups in total. The Bertz CT molecular complexity index is 867. The van der Waals surface area contributed by atoms with Gasteiger partial charge in [-0.25, -0.2) is 4.99 Å². The summed E-state index contributed by atoms with van der Waals surface area (Å²) in [5, 5.41) is 3.59. The molecule has 0 spiro atoms. The number of carbonyl (C=O) groups is 1. The van der Waals surface area contributed by atoms with E-state index < -0.39 is 0 Å². The van der Waals surface area contributed by atoms with Gasteiger partial charge in [0, 0.05) is 18.1 Å². The monoisotopic (exact) mass is 342 g/mol. The van der Waals surface area contributed by atoms with E-state index in [1.165, 1.54) is 0 Å². The highest BCUT2D eigenvalue weighted by molar-refractivity contribution is 6.30. The van der Waals surface area contributed by atoms with E-state index in [0.717, 1.165) is 17.9 Å². The van der Waals surface area contributed by atoms with Crippen molar-refractivity contribution in [2.75, 3.05) is 13.1 Å². The third-order valence-corrected chi connectivity index (χ3v) is 4.32. The normalized spacial score (nSPS) is 15.1. The van der Waals surface area contributed by atoms with Gasteiger partial charge in [-0.2, -0.15) is 0 Å². The summed E-state index contributed by atoms with van der Waals surface area (Å²) in [5.41, 5.74) is 2.16. The van der Waals surface area contributed by atoms with Crippen LogP contribution >= 0.6 is 11.6 Å². The van der Waals surface area contributed by atoms with Gasteiger partial charge in [-0.3, -0.25) is 9.79 Å². The quantitative estimate of drug-likeness (QED) is 0.932. The number of benzene rings is 1. The van der Waals surface area contributed by atoms with Gasteiger partial charge in [0.2, 0.25) is 5.88 Å². The Hall–Kier alpha value is -2.60. The minimum Gasteiger partial charge on any atom is -0.442 e. The average Bonchev–Trinajstić information content (AvgIpc) is 3.16. The zero-order valence-electron chi connectivity index (χ0n) is 13.0. The lowest BCUT2D eigenvalue weighted by atomic mass is 10.1. The molecule has 0 fully saturated rings. The van der Waals surface area contributed by atoms with Crippen LogP contribution in [0.3, 0.4) is 0 Å². The molecule has 24 heavy (non-hydrogen) atoms. The van der Waals surface area contributed by atoms with Crippen LogP contribution in [0.4, 0.5) is 5.88 Å². The lowest BCUT2D eigenvalue weighted by Crippen LogP contribution is -2.32. The molecular formula is C17H15ClN4O2. The van der Waals surface area contributed by atoms with Crippen LogP contribution in [0.25, 0.3) is 0 Å². The summed E-state index contributed by atoms with van der Waals surface area (Å²) < 4.78 is 5.65. The van der Waals surface area contributed by atoms with Gasteiger partial charge in [-0.05, 0) is 24.6 Å². The highest BCUT2D eigenvalue weighted by Gasteiger charge is 2.33. The van der Waals surface area contributed by atoms with E-state index in [1.54, 1.807) is 25.4 Å². The van der Waals surface area contributed by atoms with Crippen molar-refractivity contribution in [3.63, 3.8) is 0 Å². The molecule has 0 aliphatic carbocycles. The Labute approximate surface area is 143 Å². The van der Waals surface area contributed by atoms with Gasteiger partial charge in [-0.1, -0.05) is 23.7 Å². The van der Waals surface area contributed by atoms with Gasteiger partial charge in [0.25, 0.3) is 5.91 Å². The number of fused-ring (bicyclic) bond motifs is 3. The number of hydrogen-bond donors (Lipinski definition) is 1. The summed E-state index contributed by atoms with van der Waals surface area (Å²) in [6.07, 6.45) is 1.70. The summed E-state index contributed by atoms with van der Waals surface area (Å²) in [7, 11) is 0. The predicted molar refractivity (Wildman–Crippen MR) is 92.3 cm³/mol. The van der Waals surface area contributed by atoms with Crippen LogP contribution in [0.1, 0.15) is 27.2 Å². The maximum atomic E-state index is 12.7. The van der Waals surface area contributed by atoms with Crippen LogP contribution in [0.15, 0.2) is 38.7 Å². The SMILES string of the molecule is Cc1oc2c(c1C(=O)NCc1ccc(Cl)cc1)C1=NCCN1C=N2. The second kappa shape index (κ2) is 5.79. The number of hydrogen-bond acceptors (Lipinski definition) is 5. The number of furan rings is 1. The highest BCUT2D eigenvalue weighted by atomic mass is 35.5. The Kier molecular flexibility index (Phi) is 3.61. The number of amides is 1. The zero-order valence-corrected chi connectivity index (χ0v) is 13.8. The van der Waals surface area contributed by atoms with E-state index in [4.69, 9.17) is 16.0 Å². The first kappa shape index (κ1) is 15.0. The van der Waals surface area contributed by atoms with Crippen molar-refractivity contribution in [2.45, 2.75) is 13.5 Å². The molecule has 2 aliphatic heterocycles. The molecule has 0 saturated heterocycles. The molecule has 0 atom stereocenters. The summed E-state index contributed by atoms with van der Waals surface area (Å²) in [5.74, 6) is 1.55. The van der Waals surface area contributed by atoms with Crippen molar-refractivity contribution in [1.82, 2.24) is 10.2 Å². The van der Waals surface area contributed by atoms with Gasteiger partial charge < -0.3 is 14.6 Å². The van der Waals surface area contributed by atoms with Gasteiger partial charge >= 0.3 is 0 Å². The van der Waals surface area contributed by atoms with E-state index in [1.807, 2.05) is 17.0 Å². The Balaban J connectivity index is 1.60. The maximum Gasteiger partial charge on any atom is 0.255 e. The minimum atomic E-state index is -0.195. The zero-order chi connectivity index (χ0) is 16.7. The molecule has 0 radical (unpaired) electrons. The smallest absolute Gasteiger partial charge is 0.255 e. The molecule has 0 bridgehead atoms. The number of nitrogens with one attached hydrogen (secondary N) is 1. The second-order valence-electron chi connectivity index (χ2n) is 5.67. The Morgan fingerprint density at radius 2 is 2.17 bits per heavy atom. The average molecular weight is 343 g/mol. The molecule has 2 aromatic rings. The van der Waals surface area contributed by atoms with Gasteiger partial charge in [0.05, 0.1) is 17.7 Å². The molecule has 2 aliphatic rings. The molecular weight excluding hydrogens is 328 g/mol. The maximum absolute atomic E-state index is 12.7.